The molecule has 1 aliphatic carbocycles. The van der Waals surface area contributed by atoms with Crippen LogP contribution in [-0.4, -0.2) is 23.9 Å². The van der Waals surface area contributed by atoms with Crippen molar-refractivity contribution in [3.63, 3.8) is 0 Å². The van der Waals surface area contributed by atoms with Gasteiger partial charge in [0.1, 0.15) is 11.5 Å². The van der Waals surface area contributed by atoms with Crippen LogP contribution >= 0.6 is 0 Å². The van der Waals surface area contributed by atoms with Crippen LogP contribution in [0.15, 0.2) is 57.8 Å². The minimum absolute atomic E-state index is 0.129. The molecule has 26 heavy (non-hydrogen) atoms. The maximum atomic E-state index is 11.9. The summed E-state index contributed by atoms with van der Waals surface area (Å²) in [5.74, 6) is 1.04. The van der Waals surface area contributed by atoms with Gasteiger partial charge < -0.3 is 19.5 Å². The summed E-state index contributed by atoms with van der Waals surface area (Å²) in [6, 6.07) is 7.40. The molecule has 0 aliphatic heterocycles. The lowest BCUT2D eigenvalue weighted by Gasteiger charge is -2.29. The Morgan fingerprint density at radius 3 is 1.58 bits per heavy atom. The molecule has 136 valence electrons. The molecule has 2 N–H and O–H groups in total. The summed E-state index contributed by atoms with van der Waals surface area (Å²) in [5.41, 5.74) is 0. The van der Waals surface area contributed by atoms with E-state index in [1.807, 2.05) is 0 Å². The van der Waals surface area contributed by atoms with Crippen LogP contribution in [0.1, 0.15) is 37.2 Å². The van der Waals surface area contributed by atoms with E-state index < -0.39 is 0 Å². The average molecular weight is 354 g/mol. The van der Waals surface area contributed by atoms with Gasteiger partial charge in [-0.3, -0.25) is 9.59 Å². The number of carbonyl (C=O) groups is 2. The minimum Gasteiger partial charge on any atom is -0.465 e. The molecule has 3 rings (SSSR count). The number of amides is 2. The van der Waals surface area contributed by atoms with Gasteiger partial charge in [-0.15, -0.1) is 0 Å². The van der Waals surface area contributed by atoms with Crippen LogP contribution in [0.3, 0.4) is 0 Å². The third-order valence-corrected chi connectivity index (χ3v) is 4.30. The molecule has 0 unspecified atom stereocenters. The summed E-state index contributed by atoms with van der Waals surface area (Å²) in [7, 11) is 0. The second-order valence-electron chi connectivity index (χ2n) is 6.26. The highest BCUT2D eigenvalue weighted by atomic mass is 16.3. The highest BCUT2D eigenvalue weighted by molar-refractivity contribution is 5.92. The Morgan fingerprint density at radius 2 is 1.23 bits per heavy atom. The second kappa shape index (κ2) is 8.89. The zero-order valence-corrected chi connectivity index (χ0v) is 14.4. The van der Waals surface area contributed by atoms with E-state index >= 15 is 0 Å². The van der Waals surface area contributed by atoms with E-state index in [-0.39, 0.29) is 23.9 Å². The first-order valence-corrected chi connectivity index (χ1v) is 8.73. The lowest BCUT2D eigenvalue weighted by Crippen LogP contribution is -2.43. The molecule has 0 spiro atoms. The van der Waals surface area contributed by atoms with Gasteiger partial charge in [0.05, 0.1) is 12.5 Å². The van der Waals surface area contributed by atoms with Crippen molar-refractivity contribution in [2.45, 2.75) is 37.8 Å². The summed E-state index contributed by atoms with van der Waals surface area (Å²) in [5, 5.41) is 5.98. The van der Waals surface area contributed by atoms with Crippen molar-refractivity contribution in [1.29, 1.82) is 0 Å². The summed E-state index contributed by atoms with van der Waals surface area (Å²) < 4.78 is 10.3. The van der Waals surface area contributed by atoms with Gasteiger partial charge in [0.25, 0.3) is 0 Å². The van der Waals surface area contributed by atoms with Gasteiger partial charge in [-0.1, -0.05) is 0 Å². The first-order valence-electron chi connectivity index (χ1n) is 8.73. The van der Waals surface area contributed by atoms with E-state index in [2.05, 4.69) is 10.6 Å². The van der Waals surface area contributed by atoms with Crippen LogP contribution in [0.5, 0.6) is 0 Å². The monoisotopic (exact) mass is 354 g/mol. The molecule has 1 aliphatic rings. The molecule has 6 nitrogen and oxygen atoms in total. The smallest absolute Gasteiger partial charge is 0.244 e. The maximum absolute atomic E-state index is 11.9. The Kier molecular flexibility index (Phi) is 6.09. The standard InChI is InChI=1S/C20H22N2O4/c23-19(11-9-17-3-1-13-25-17)21-15-5-7-16(8-6-15)22-20(24)12-10-18-4-2-14-26-18/h1-4,9-16H,5-8H2,(H,21,23)(H,22,24)/b11-9+,12-10+. The number of furan rings is 2. The fraction of sp³-hybridized carbons (Fsp3) is 0.300. The van der Waals surface area contributed by atoms with Crippen molar-refractivity contribution in [1.82, 2.24) is 10.6 Å². The summed E-state index contributed by atoms with van der Waals surface area (Å²) >= 11 is 0. The topological polar surface area (TPSA) is 84.5 Å². The number of carbonyl (C=O) groups excluding carboxylic acids is 2. The van der Waals surface area contributed by atoms with Crippen LogP contribution in [0.4, 0.5) is 0 Å². The molecular weight excluding hydrogens is 332 g/mol. The Morgan fingerprint density at radius 1 is 0.808 bits per heavy atom. The van der Waals surface area contributed by atoms with E-state index in [1.165, 1.54) is 12.2 Å². The number of hydrogen-bond acceptors (Lipinski definition) is 4. The molecule has 1 saturated carbocycles. The molecular formula is C20H22N2O4. The third-order valence-electron chi connectivity index (χ3n) is 4.30. The highest BCUT2D eigenvalue weighted by Crippen LogP contribution is 2.19. The Balaban J connectivity index is 1.37. The third kappa shape index (κ3) is 5.51. The predicted octanol–water partition coefficient (Wildman–Crippen LogP) is 3.14. The normalized spacial score (nSPS) is 20.5. The van der Waals surface area contributed by atoms with Gasteiger partial charge in [0, 0.05) is 24.2 Å². The van der Waals surface area contributed by atoms with Gasteiger partial charge in [0.2, 0.25) is 11.8 Å². The van der Waals surface area contributed by atoms with Crippen LogP contribution < -0.4 is 10.6 Å². The highest BCUT2D eigenvalue weighted by Gasteiger charge is 2.22. The van der Waals surface area contributed by atoms with Crippen molar-refractivity contribution in [2.75, 3.05) is 0 Å². The van der Waals surface area contributed by atoms with Crippen LogP contribution in [-0.2, 0) is 9.59 Å². The first kappa shape index (κ1) is 17.8. The molecule has 0 saturated heterocycles. The Bertz CT molecular complexity index is 686. The van der Waals surface area contributed by atoms with Crippen LogP contribution in [0.2, 0.25) is 0 Å². The van der Waals surface area contributed by atoms with E-state index in [0.29, 0.717) is 11.5 Å². The largest absolute Gasteiger partial charge is 0.465 e. The zero-order valence-electron chi connectivity index (χ0n) is 14.4. The van der Waals surface area contributed by atoms with Crippen LogP contribution in [0.25, 0.3) is 12.2 Å². The summed E-state index contributed by atoms with van der Waals surface area (Å²) in [6.07, 6.45) is 12.7. The molecule has 2 heterocycles. The van der Waals surface area contributed by atoms with Crippen molar-refractivity contribution < 1.29 is 18.4 Å². The Labute approximate surface area is 151 Å². The van der Waals surface area contributed by atoms with Gasteiger partial charge in [0.15, 0.2) is 0 Å². The lowest BCUT2D eigenvalue weighted by molar-refractivity contribution is -0.118. The van der Waals surface area contributed by atoms with Crippen LogP contribution in [0, 0.1) is 0 Å². The molecule has 1 fully saturated rings. The van der Waals surface area contributed by atoms with E-state index in [4.69, 9.17) is 8.83 Å². The molecule has 2 aromatic heterocycles. The van der Waals surface area contributed by atoms with Gasteiger partial charge in [-0.05, 0) is 62.1 Å². The van der Waals surface area contributed by atoms with Gasteiger partial charge in [-0.25, -0.2) is 0 Å². The number of hydrogen-bond donors (Lipinski definition) is 2. The van der Waals surface area contributed by atoms with E-state index in [9.17, 15) is 9.59 Å². The SMILES string of the molecule is O=C(/C=C/c1ccco1)NC1CCC(NC(=O)/C=C/c2ccco2)CC1. The second-order valence-corrected chi connectivity index (χ2v) is 6.26. The van der Waals surface area contributed by atoms with Crippen molar-refractivity contribution in [3.05, 3.63) is 60.5 Å². The fourth-order valence-corrected chi connectivity index (χ4v) is 2.97. The molecule has 6 heteroatoms. The molecule has 2 amide bonds. The quantitative estimate of drug-likeness (QED) is 0.781. The average Bonchev–Trinajstić information content (AvgIpc) is 3.34. The molecule has 0 aromatic carbocycles. The van der Waals surface area contributed by atoms with Gasteiger partial charge >= 0.3 is 0 Å². The fourth-order valence-electron chi connectivity index (χ4n) is 2.97. The van der Waals surface area contributed by atoms with E-state index in [0.717, 1.165) is 25.7 Å². The maximum Gasteiger partial charge on any atom is 0.244 e. The summed E-state index contributed by atoms with van der Waals surface area (Å²) in [4.78, 5) is 23.9. The van der Waals surface area contributed by atoms with Crippen molar-refractivity contribution in [2.24, 2.45) is 0 Å². The van der Waals surface area contributed by atoms with E-state index in [1.54, 1.807) is 48.9 Å². The minimum atomic E-state index is -0.129. The zero-order chi connectivity index (χ0) is 18.2. The first-order chi connectivity index (χ1) is 12.7. The molecule has 0 radical (unpaired) electrons. The lowest BCUT2D eigenvalue weighted by atomic mass is 9.91. The molecule has 0 atom stereocenters. The molecule has 2 aromatic rings. The van der Waals surface area contributed by atoms with Gasteiger partial charge in [-0.2, -0.15) is 0 Å². The number of rotatable bonds is 6. The predicted molar refractivity (Wildman–Crippen MR) is 97.8 cm³/mol. The summed E-state index contributed by atoms with van der Waals surface area (Å²) in [6.45, 7) is 0. The Hall–Kier alpha value is -3.02. The number of nitrogens with one attached hydrogen (secondary N) is 2. The van der Waals surface area contributed by atoms with Crippen molar-refractivity contribution >= 4 is 24.0 Å². The van der Waals surface area contributed by atoms with Crippen molar-refractivity contribution in [3.8, 4) is 0 Å². The molecule has 0 bridgehead atoms.